The molecule has 1 aliphatic heterocycles. The molecule has 0 radical (unpaired) electrons. The van der Waals surface area contributed by atoms with Gasteiger partial charge in [-0.1, -0.05) is 29.8 Å². The fourth-order valence-electron chi connectivity index (χ4n) is 3.09. The lowest BCUT2D eigenvalue weighted by Crippen LogP contribution is -2.31. The highest BCUT2D eigenvalue weighted by Crippen LogP contribution is 2.34. The Labute approximate surface area is 131 Å². The molecule has 116 valence electrons. The second kappa shape index (κ2) is 6.18. The summed E-state index contributed by atoms with van der Waals surface area (Å²) in [5.41, 5.74) is 2.96. The van der Waals surface area contributed by atoms with Crippen molar-refractivity contribution in [2.75, 3.05) is 6.54 Å². The number of pyridine rings is 1. The number of benzene rings is 1. The average molecular weight is 316 g/mol. The molecule has 3 rings (SSSR count). The van der Waals surface area contributed by atoms with Gasteiger partial charge in [-0.05, 0) is 43.0 Å². The van der Waals surface area contributed by atoms with Crippen LogP contribution in [0.3, 0.4) is 0 Å². The molecule has 1 aliphatic rings. The Kier molecular flexibility index (Phi) is 4.27. The predicted molar refractivity (Wildman–Crippen MR) is 86.7 cm³/mol. The van der Waals surface area contributed by atoms with Crippen molar-refractivity contribution in [1.29, 1.82) is 0 Å². The summed E-state index contributed by atoms with van der Waals surface area (Å²) in [4.78, 5) is 4.01. The average Bonchev–Trinajstić information content (AvgIpc) is 2.98. The molecule has 0 saturated carbocycles. The summed E-state index contributed by atoms with van der Waals surface area (Å²) >= 11 is 0. The molecular weight excluding hydrogens is 296 g/mol. The van der Waals surface area contributed by atoms with E-state index in [2.05, 4.69) is 4.98 Å². The largest absolute Gasteiger partial charge is 0.265 e. The lowest BCUT2D eigenvalue weighted by molar-refractivity contribution is 0.396. The Bertz CT molecular complexity index is 744. The molecule has 0 bridgehead atoms. The van der Waals surface area contributed by atoms with E-state index in [1.54, 1.807) is 16.7 Å². The van der Waals surface area contributed by atoms with Crippen LogP contribution in [0.5, 0.6) is 0 Å². The molecule has 0 aliphatic carbocycles. The maximum Gasteiger partial charge on any atom is 0.218 e. The predicted octanol–water partition coefficient (Wildman–Crippen LogP) is 3.06. The minimum absolute atomic E-state index is 0.0576. The van der Waals surface area contributed by atoms with Crippen molar-refractivity contribution >= 4 is 10.0 Å². The molecule has 5 heteroatoms. The second-order valence-electron chi connectivity index (χ2n) is 5.79. The number of aryl methyl sites for hydroxylation is 1. The molecule has 0 N–H and O–H groups in total. The molecule has 2 heterocycles. The van der Waals surface area contributed by atoms with E-state index < -0.39 is 10.0 Å². The van der Waals surface area contributed by atoms with Gasteiger partial charge in [-0.25, -0.2) is 8.42 Å². The maximum atomic E-state index is 12.8. The van der Waals surface area contributed by atoms with Crippen LogP contribution in [0, 0.1) is 6.92 Å². The molecular formula is C17H20N2O2S. The van der Waals surface area contributed by atoms with Gasteiger partial charge < -0.3 is 0 Å². The fraction of sp³-hybridized carbons (Fsp3) is 0.353. The number of rotatable bonds is 4. The Morgan fingerprint density at radius 1 is 1.23 bits per heavy atom. The van der Waals surface area contributed by atoms with E-state index in [0.29, 0.717) is 6.54 Å². The molecule has 1 aromatic heterocycles. The minimum atomic E-state index is -3.31. The lowest BCUT2D eigenvalue weighted by atomic mass is 10.1. The molecule has 1 saturated heterocycles. The van der Waals surface area contributed by atoms with Crippen LogP contribution in [0.1, 0.15) is 35.6 Å². The zero-order valence-electron chi connectivity index (χ0n) is 12.6. The Morgan fingerprint density at radius 3 is 2.73 bits per heavy atom. The molecule has 0 spiro atoms. The number of hydrogen-bond donors (Lipinski definition) is 0. The van der Waals surface area contributed by atoms with Crippen LogP contribution in [-0.4, -0.2) is 24.3 Å². The third-order valence-electron chi connectivity index (χ3n) is 4.08. The van der Waals surface area contributed by atoms with Crippen LogP contribution < -0.4 is 0 Å². The van der Waals surface area contributed by atoms with Crippen LogP contribution in [0.25, 0.3) is 0 Å². The number of nitrogens with zero attached hydrogens (tertiary/aromatic N) is 2. The van der Waals surface area contributed by atoms with Crippen LogP contribution in [0.2, 0.25) is 0 Å². The van der Waals surface area contributed by atoms with Crippen LogP contribution >= 0.6 is 0 Å². The van der Waals surface area contributed by atoms with Crippen molar-refractivity contribution in [1.82, 2.24) is 9.29 Å². The van der Waals surface area contributed by atoms with Crippen LogP contribution in [0.4, 0.5) is 0 Å². The Morgan fingerprint density at radius 2 is 2.00 bits per heavy atom. The van der Waals surface area contributed by atoms with E-state index in [-0.39, 0.29) is 11.8 Å². The van der Waals surface area contributed by atoms with Crippen LogP contribution in [0.15, 0.2) is 48.8 Å². The van der Waals surface area contributed by atoms with Gasteiger partial charge in [-0.3, -0.25) is 4.98 Å². The minimum Gasteiger partial charge on any atom is -0.265 e. The summed E-state index contributed by atoms with van der Waals surface area (Å²) < 4.78 is 27.3. The van der Waals surface area contributed by atoms with Crippen molar-refractivity contribution in [2.24, 2.45) is 0 Å². The van der Waals surface area contributed by atoms with Gasteiger partial charge in [0.1, 0.15) is 0 Å². The first-order chi connectivity index (χ1) is 10.6. The zero-order chi connectivity index (χ0) is 15.6. The van der Waals surface area contributed by atoms with Gasteiger partial charge in [0, 0.05) is 25.0 Å². The fourth-order valence-corrected chi connectivity index (χ4v) is 4.88. The topological polar surface area (TPSA) is 50.3 Å². The monoisotopic (exact) mass is 316 g/mol. The summed E-state index contributed by atoms with van der Waals surface area (Å²) in [6.07, 6.45) is 5.22. The molecule has 2 aromatic rings. The maximum absolute atomic E-state index is 12.8. The number of sulfonamides is 1. The van der Waals surface area contributed by atoms with Gasteiger partial charge in [0.05, 0.1) is 5.75 Å². The van der Waals surface area contributed by atoms with Gasteiger partial charge in [-0.15, -0.1) is 0 Å². The summed E-state index contributed by atoms with van der Waals surface area (Å²) in [5, 5.41) is 0. The van der Waals surface area contributed by atoms with E-state index in [1.807, 2.05) is 43.3 Å². The van der Waals surface area contributed by atoms with Crippen molar-refractivity contribution in [2.45, 2.75) is 31.6 Å². The number of hydrogen-bond acceptors (Lipinski definition) is 3. The molecule has 22 heavy (non-hydrogen) atoms. The summed E-state index contributed by atoms with van der Waals surface area (Å²) in [7, 11) is -3.31. The van der Waals surface area contributed by atoms with E-state index in [1.165, 1.54) is 0 Å². The highest BCUT2D eigenvalue weighted by molar-refractivity contribution is 7.88. The number of aromatic nitrogens is 1. The van der Waals surface area contributed by atoms with Gasteiger partial charge in [0.2, 0.25) is 10.0 Å². The normalized spacial score (nSPS) is 19.4. The van der Waals surface area contributed by atoms with E-state index >= 15 is 0 Å². The zero-order valence-corrected chi connectivity index (χ0v) is 13.5. The summed E-state index contributed by atoms with van der Waals surface area (Å²) in [6, 6.07) is 11.5. The first-order valence-corrected chi connectivity index (χ1v) is 9.12. The van der Waals surface area contributed by atoms with E-state index in [9.17, 15) is 8.42 Å². The van der Waals surface area contributed by atoms with Gasteiger partial charge >= 0.3 is 0 Å². The van der Waals surface area contributed by atoms with Gasteiger partial charge in [0.15, 0.2) is 0 Å². The Balaban J connectivity index is 1.85. The van der Waals surface area contributed by atoms with Crippen molar-refractivity contribution in [3.8, 4) is 0 Å². The SMILES string of the molecule is Cc1cccc(CS(=O)(=O)N2CCCC2c2ccncc2)c1. The molecule has 1 fully saturated rings. The lowest BCUT2D eigenvalue weighted by Gasteiger charge is -2.24. The first kappa shape index (κ1) is 15.2. The van der Waals surface area contributed by atoms with E-state index in [0.717, 1.165) is 29.5 Å². The molecule has 0 amide bonds. The third-order valence-corrected chi connectivity index (χ3v) is 5.93. The quantitative estimate of drug-likeness (QED) is 0.871. The van der Waals surface area contributed by atoms with E-state index in [4.69, 9.17) is 0 Å². The molecule has 1 atom stereocenters. The van der Waals surface area contributed by atoms with Crippen LogP contribution in [-0.2, 0) is 15.8 Å². The van der Waals surface area contributed by atoms with Crippen molar-refractivity contribution in [3.63, 3.8) is 0 Å². The highest BCUT2D eigenvalue weighted by atomic mass is 32.2. The first-order valence-electron chi connectivity index (χ1n) is 7.51. The second-order valence-corrected chi connectivity index (χ2v) is 7.72. The smallest absolute Gasteiger partial charge is 0.218 e. The molecule has 4 nitrogen and oxygen atoms in total. The Hall–Kier alpha value is -1.72. The molecule has 1 unspecified atom stereocenters. The van der Waals surface area contributed by atoms with Crippen molar-refractivity contribution < 1.29 is 8.42 Å². The summed E-state index contributed by atoms with van der Waals surface area (Å²) in [5.74, 6) is 0.0657. The highest BCUT2D eigenvalue weighted by Gasteiger charge is 2.34. The third kappa shape index (κ3) is 3.20. The van der Waals surface area contributed by atoms with Gasteiger partial charge in [-0.2, -0.15) is 4.31 Å². The van der Waals surface area contributed by atoms with Crippen molar-refractivity contribution in [3.05, 3.63) is 65.5 Å². The summed E-state index contributed by atoms with van der Waals surface area (Å²) in [6.45, 7) is 2.58. The van der Waals surface area contributed by atoms with Gasteiger partial charge in [0.25, 0.3) is 0 Å². The standard InChI is InChI=1S/C17H20N2O2S/c1-14-4-2-5-15(12-14)13-22(20,21)19-11-3-6-17(19)16-7-9-18-10-8-16/h2,4-5,7-10,12,17H,3,6,11,13H2,1H3. The molecule has 1 aromatic carbocycles.